The minimum atomic E-state index is 0.224. The molecule has 2 aromatic heterocycles. The molecule has 0 saturated carbocycles. The molecule has 0 atom stereocenters. The number of aromatic nitrogens is 3. The fourth-order valence-electron chi connectivity index (χ4n) is 3.05. The Bertz CT molecular complexity index is 640. The Hall–Kier alpha value is -2.05. The van der Waals surface area contributed by atoms with E-state index >= 15 is 0 Å². The number of likely N-dealkylation sites (tertiary alicyclic amines) is 1. The van der Waals surface area contributed by atoms with E-state index in [0.717, 1.165) is 55.5 Å². The highest BCUT2D eigenvalue weighted by atomic mass is 16.3. The summed E-state index contributed by atoms with van der Waals surface area (Å²) in [5.74, 6) is 1.99. The monoisotopic (exact) mass is 313 g/mol. The molecule has 0 radical (unpaired) electrons. The minimum Gasteiger partial charge on any atom is -0.395 e. The van der Waals surface area contributed by atoms with Crippen molar-refractivity contribution in [3.63, 3.8) is 0 Å². The highest BCUT2D eigenvalue weighted by molar-refractivity contribution is 5.54. The van der Waals surface area contributed by atoms with Crippen molar-refractivity contribution in [2.24, 2.45) is 0 Å². The summed E-state index contributed by atoms with van der Waals surface area (Å²) in [4.78, 5) is 15.8. The number of nitrogens with zero attached hydrogens (tertiary/aromatic N) is 4. The summed E-state index contributed by atoms with van der Waals surface area (Å²) in [5, 5.41) is 12.4. The lowest BCUT2D eigenvalue weighted by molar-refractivity contribution is 0.163. The van der Waals surface area contributed by atoms with Crippen LogP contribution in [0.4, 0.5) is 11.6 Å². The Morgan fingerprint density at radius 3 is 2.74 bits per heavy atom. The second kappa shape index (κ2) is 7.48. The maximum Gasteiger partial charge on any atom is 0.153 e. The van der Waals surface area contributed by atoms with Crippen molar-refractivity contribution in [2.75, 3.05) is 31.6 Å². The number of β-amino-alcohol motifs (C(OH)–C–C–N with tert-alkyl or cyclic N) is 1. The molecule has 1 aliphatic rings. The summed E-state index contributed by atoms with van der Waals surface area (Å²) < 4.78 is 0. The van der Waals surface area contributed by atoms with E-state index in [-0.39, 0.29) is 6.61 Å². The molecule has 2 N–H and O–H groups in total. The van der Waals surface area contributed by atoms with Gasteiger partial charge in [-0.1, -0.05) is 6.07 Å². The van der Waals surface area contributed by atoms with Crippen molar-refractivity contribution in [2.45, 2.75) is 25.7 Å². The molecule has 1 aliphatic heterocycles. The van der Waals surface area contributed by atoms with Crippen molar-refractivity contribution in [3.05, 3.63) is 42.0 Å². The van der Waals surface area contributed by atoms with Gasteiger partial charge in [0.15, 0.2) is 5.82 Å². The number of piperidine rings is 1. The number of hydrogen-bond acceptors (Lipinski definition) is 6. The van der Waals surface area contributed by atoms with Crippen LogP contribution in [0.2, 0.25) is 0 Å². The van der Waals surface area contributed by atoms with E-state index in [4.69, 9.17) is 5.11 Å². The first-order valence-corrected chi connectivity index (χ1v) is 8.11. The maximum absolute atomic E-state index is 9.05. The number of nitrogens with one attached hydrogen (secondary N) is 1. The van der Waals surface area contributed by atoms with Crippen LogP contribution < -0.4 is 5.32 Å². The van der Waals surface area contributed by atoms with Crippen LogP contribution in [0.1, 0.15) is 30.1 Å². The molecule has 2 aromatic rings. The minimum absolute atomic E-state index is 0.224. The topological polar surface area (TPSA) is 74.2 Å². The number of aliphatic hydroxyl groups excluding tert-OH is 1. The highest BCUT2D eigenvalue weighted by Crippen LogP contribution is 2.31. The third-order valence-electron chi connectivity index (χ3n) is 4.25. The van der Waals surface area contributed by atoms with Crippen molar-refractivity contribution in [3.8, 4) is 0 Å². The fourth-order valence-corrected chi connectivity index (χ4v) is 3.05. The van der Waals surface area contributed by atoms with Gasteiger partial charge in [0.05, 0.1) is 12.3 Å². The molecule has 0 aromatic carbocycles. The number of aliphatic hydroxyl groups is 1. The van der Waals surface area contributed by atoms with Gasteiger partial charge in [0.1, 0.15) is 5.82 Å². The summed E-state index contributed by atoms with van der Waals surface area (Å²) in [7, 11) is 0. The quantitative estimate of drug-likeness (QED) is 0.880. The number of rotatable bonds is 5. The molecule has 6 nitrogen and oxygen atoms in total. The lowest BCUT2D eigenvalue weighted by atomic mass is 9.93. The van der Waals surface area contributed by atoms with E-state index in [0.29, 0.717) is 5.92 Å². The van der Waals surface area contributed by atoms with Crippen LogP contribution in [0.25, 0.3) is 0 Å². The normalized spacial score (nSPS) is 16.4. The second-order valence-corrected chi connectivity index (χ2v) is 5.92. The first-order chi connectivity index (χ1) is 11.3. The van der Waals surface area contributed by atoms with Gasteiger partial charge in [-0.15, -0.1) is 0 Å². The van der Waals surface area contributed by atoms with Crippen molar-refractivity contribution in [1.82, 2.24) is 19.9 Å². The third-order valence-corrected chi connectivity index (χ3v) is 4.25. The van der Waals surface area contributed by atoms with Gasteiger partial charge in [-0.25, -0.2) is 9.97 Å². The Morgan fingerprint density at radius 1 is 1.22 bits per heavy atom. The molecule has 1 saturated heterocycles. The predicted octanol–water partition coefficient (Wildman–Crippen LogP) is 2.10. The average molecular weight is 313 g/mol. The molecule has 0 aliphatic carbocycles. The van der Waals surface area contributed by atoms with Crippen molar-refractivity contribution < 1.29 is 5.11 Å². The Labute approximate surface area is 136 Å². The standard InChI is InChI=1S/C17H23N5O/c1-13-3-2-4-15(20-13)21-17-16(18-7-8-19-17)14-5-9-22(10-6-14)11-12-23/h2-4,7-8,14,23H,5-6,9-12H2,1H3,(H,19,20,21). The zero-order valence-corrected chi connectivity index (χ0v) is 13.4. The number of aryl methyl sites for hydroxylation is 1. The Morgan fingerprint density at radius 2 is 2.00 bits per heavy atom. The van der Waals surface area contributed by atoms with Gasteiger partial charge in [0, 0.05) is 30.6 Å². The van der Waals surface area contributed by atoms with E-state index in [2.05, 4.69) is 25.2 Å². The lowest BCUT2D eigenvalue weighted by Gasteiger charge is -2.31. The molecule has 3 rings (SSSR count). The van der Waals surface area contributed by atoms with E-state index in [9.17, 15) is 0 Å². The van der Waals surface area contributed by atoms with Crippen LogP contribution in [0.3, 0.4) is 0 Å². The molecular weight excluding hydrogens is 290 g/mol. The van der Waals surface area contributed by atoms with Gasteiger partial charge in [-0.05, 0) is 45.0 Å². The summed E-state index contributed by atoms with van der Waals surface area (Å²) in [5.41, 5.74) is 1.98. The maximum atomic E-state index is 9.05. The second-order valence-electron chi connectivity index (χ2n) is 5.92. The fraction of sp³-hybridized carbons (Fsp3) is 0.471. The molecule has 23 heavy (non-hydrogen) atoms. The van der Waals surface area contributed by atoms with Crippen LogP contribution in [0, 0.1) is 6.92 Å². The Balaban J connectivity index is 1.74. The van der Waals surface area contributed by atoms with Crippen molar-refractivity contribution >= 4 is 11.6 Å². The van der Waals surface area contributed by atoms with Gasteiger partial charge in [-0.3, -0.25) is 4.98 Å². The zero-order valence-electron chi connectivity index (χ0n) is 13.4. The van der Waals surface area contributed by atoms with Crippen molar-refractivity contribution in [1.29, 1.82) is 0 Å². The van der Waals surface area contributed by atoms with E-state index < -0.39 is 0 Å². The smallest absolute Gasteiger partial charge is 0.153 e. The van der Waals surface area contributed by atoms with Crippen LogP contribution in [0.15, 0.2) is 30.6 Å². The molecule has 0 unspecified atom stereocenters. The van der Waals surface area contributed by atoms with Gasteiger partial charge >= 0.3 is 0 Å². The lowest BCUT2D eigenvalue weighted by Crippen LogP contribution is -2.35. The summed E-state index contributed by atoms with van der Waals surface area (Å²) in [6.07, 6.45) is 5.54. The SMILES string of the molecule is Cc1cccc(Nc2nccnc2C2CCN(CCO)CC2)n1. The van der Waals surface area contributed by atoms with Gasteiger partial charge in [0.25, 0.3) is 0 Å². The van der Waals surface area contributed by atoms with Crippen LogP contribution in [0.5, 0.6) is 0 Å². The van der Waals surface area contributed by atoms with Gasteiger partial charge in [-0.2, -0.15) is 0 Å². The first kappa shape index (κ1) is 15.8. The molecule has 0 bridgehead atoms. The summed E-state index contributed by atoms with van der Waals surface area (Å²) >= 11 is 0. The highest BCUT2D eigenvalue weighted by Gasteiger charge is 2.24. The average Bonchev–Trinajstić information content (AvgIpc) is 2.57. The zero-order chi connectivity index (χ0) is 16.1. The number of pyridine rings is 1. The summed E-state index contributed by atoms with van der Waals surface area (Å²) in [6.45, 7) is 4.93. The molecule has 122 valence electrons. The molecule has 3 heterocycles. The summed E-state index contributed by atoms with van der Waals surface area (Å²) in [6, 6.07) is 5.89. The van der Waals surface area contributed by atoms with E-state index in [1.165, 1.54) is 0 Å². The van der Waals surface area contributed by atoms with Gasteiger partial charge < -0.3 is 15.3 Å². The van der Waals surface area contributed by atoms with Crippen LogP contribution >= 0.6 is 0 Å². The molecule has 0 amide bonds. The predicted molar refractivity (Wildman–Crippen MR) is 89.8 cm³/mol. The molecular formula is C17H23N5O. The van der Waals surface area contributed by atoms with Crippen LogP contribution in [-0.4, -0.2) is 51.2 Å². The van der Waals surface area contributed by atoms with E-state index in [1.807, 2.05) is 25.1 Å². The third kappa shape index (κ3) is 4.03. The first-order valence-electron chi connectivity index (χ1n) is 8.11. The number of anilines is 2. The Kier molecular flexibility index (Phi) is 5.15. The van der Waals surface area contributed by atoms with Gasteiger partial charge in [0.2, 0.25) is 0 Å². The molecule has 6 heteroatoms. The van der Waals surface area contributed by atoms with Crippen LogP contribution in [-0.2, 0) is 0 Å². The van der Waals surface area contributed by atoms with E-state index in [1.54, 1.807) is 12.4 Å². The molecule has 0 spiro atoms. The molecule has 1 fully saturated rings. The number of hydrogen-bond donors (Lipinski definition) is 2. The largest absolute Gasteiger partial charge is 0.395 e.